The Hall–Kier alpha value is -1.44. The van der Waals surface area contributed by atoms with Crippen molar-refractivity contribution in [2.45, 2.75) is 6.04 Å². The second kappa shape index (κ2) is 6.34. The second-order valence-electron chi connectivity index (χ2n) is 4.67. The zero-order valence-electron chi connectivity index (χ0n) is 11.6. The second-order valence-corrected chi connectivity index (χ2v) is 5.53. The molecule has 0 amide bonds. The van der Waals surface area contributed by atoms with Gasteiger partial charge in [-0.2, -0.15) is 4.98 Å². The highest BCUT2D eigenvalue weighted by atomic mass is 79.9. The van der Waals surface area contributed by atoms with Gasteiger partial charge >= 0.3 is 0 Å². The summed E-state index contributed by atoms with van der Waals surface area (Å²) in [5, 5.41) is 3.94. The lowest BCUT2D eigenvalue weighted by Gasteiger charge is -2.12. The molecule has 1 atom stereocenters. The van der Waals surface area contributed by atoms with Crippen LogP contribution in [0.1, 0.15) is 11.9 Å². The summed E-state index contributed by atoms with van der Waals surface area (Å²) in [7, 11) is 5.50. The molecule has 1 unspecified atom stereocenters. The van der Waals surface area contributed by atoms with Gasteiger partial charge in [0.05, 0.1) is 18.7 Å². The van der Waals surface area contributed by atoms with E-state index in [2.05, 4.69) is 26.1 Å². The van der Waals surface area contributed by atoms with Gasteiger partial charge in [0.2, 0.25) is 0 Å². The molecule has 7 heteroatoms. The lowest BCUT2D eigenvalue weighted by atomic mass is 10.2. The number of nitrogens with zero attached hydrogens (tertiary/aromatic N) is 3. The van der Waals surface area contributed by atoms with Crippen molar-refractivity contribution in [1.82, 2.24) is 15.0 Å². The molecular formula is C13H17BrN4O2. The van der Waals surface area contributed by atoms with Gasteiger partial charge in [0.15, 0.2) is 5.82 Å². The Labute approximate surface area is 126 Å². The predicted molar refractivity (Wildman–Crippen MR) is 79.5 cm³/mol. The maximum absolute atomic E-state index is 6.02. The van der Waals surface area contributed by atoms with Crippen molar-refractivity contribution in [2.75, 3.05) is 27.7 Å². The molecule has 0 fully saturated rings. The fourth-order valence-corrected chi connectivity index (χ4v) is 2.18. The molecule has 0 bridgehead atoms. The van der Waals surface area contributed by atoms with Crippen LogP contribution in [-0.2, 0) is 0 Å². The summed E-state index contributed by atoms with van der Waals surface area (Å²) in [4.78, 5) is 6.33. The predicted octanol–water partition coefficient (Wildman–Crippen LogP) is 2.07. The summed E-state index contributed by atoms with van der Waals surface area (Å²) in [5.74, 6) is 1.63. The van der Waals surface area contributed by atoms with Gasteiger partial charge in [-0.05, 0) is 48.2 Å². The molecule has 2 rings (SSSR count). The Morgan fingerprint density at radius 1 is 1.45 bits per heavy atom. The standard InChI is InChI=1S/C13H17BrN4O2/c1-18(2)7-11(15)12-16-13(20-17-12)9-6-8(19-3)4-5-10(9)14/h4-6,11H,7,15H2,1-3H3. The molecule has 1 aromatic carbocycles. The topological polar surface area (TPSA) is 77.4 Å². The summed E-state index contributed by atoms with van der Waals surface area (Å²) in [5.41, 5.74) is 6.80. The number of aromatic nitrogens is 2. The maximum atomic E-state index is 6.02. The fourth-order valence-electron chi connectivity index (χ4n) is 1.77. The Balaban J connectivity index is 2.28. The van der Waals surface area contributed by atoms with Crippen LogP contribution in [0.15, 0.2) is 27.2 Å². The van der Waals surface area contributed by atoms with E-state index in [4.69, 9.17) is 15.0 Å². The minimum atomic E-state index is -0.285. The average Bonchev–Trinajstić information content (AvgIpc) is 2.88. The third kappa shape index (κ3) is 3.36. The van der Waals surface area contributed by atoms with Crippen LogP contribution in [0.4, 0.5) is 0 Å². The van der Waals surface area contributed by atoms with E-state index in [1.165, 1.54) is 0 Å². The van der Waals surface area contributed by atoms with Crippen LogP contribution in [0.5, 0.6) is 5.75 Å². The van der Waals surface area contributed by atoms with Crippen molar-refractivity contribution in [3.63, 3.8) is 0 Å². The van der Waals surface area contributed by atoms with E-state index in [-0.39, 0.29) is 6.04 Å². The third-order valence-corrected chi connectivity index (χ3v) is 3.43. The fraction of sp³-hybridized carbons (Fsp3) is 0.385. The van der Waals surface area contributed by atoms with Gasteiger partial charge in [0, 0.05) is 11.0 Å². The summed E-state index contributed by atoms with van der Waals surface area (Å²) in [6.07, 6.45) is 0. The van der Waals surface area contributed by atoms with Crippen LogP contribution in [0.3, 0.4) is 0 Å². The number of ether oxygens (including phenoxy) is 1. The number of hydrogen-bond acceptors (Lipinski definition) is 6. The Morgan fingerprint density at radius 2 is 2.20 bits per heavy atom. The summed E-state index contributed by atoms with van der Waals surface area (Å²) in [6, 6.07) is 5.27. The van der Waals surface area contributed by atoms with Crippen LogP contribution in [0, 0.1) is 0 Å². The van der Waals surface area contributed by atoms with Gasteiger partial charge in [0.1, 0.15) is 5.75 Å². The Bertz CT molecular complexity index is 586. The monoisotopic (exact) mass is 340 g/mol. The third-order valence-electron chi connectivity index (χ3n) is 2.74. The molecule has 0 aliphatic heterocycles. The number of nitrogens with two attached hydrogens (primary N) is 1. The smallest absolute Gasteiger partial charge is 0.259 e. The SMILES string of the molecule is COc1ccc(Br)c(-c2nc(C(N)CN(C)C)no2)c1. The molecule has 2 aromatic rings. The number of benzene rings is 1. The maximum Gasteiger partial charge on any atom is 0.259 e. The van der Waals surface area contributed by atoms with Crippen molar-refractivity contribution in [1.29, 1.82) is 0 Å². The lowest BCUT2D eigenvalue weighted by Crippen LogP contribution is -2.26. The minimum Gasteiger partial charge on any atom is -0.497 e. The van der Waals surface area contributed by atoms with Crippen molar-refractivity contribution in [3.05, 3.63) is 28.5 Å². The first-order valence-corrected chi connectivity index (χ1v) is 6.88. The first-order valence-electron chi connectivity index (χ1n) is 6.09. The van der Waals surface area contributed by atoms with Crippen LogP contribution >= 0.6 is 15.9 Å². The molecule has 1 heterocycles. The van der Waals surface area contributed by atoms with E-state index < -0.39 is 0 Å². The normalized spacial score (nSPS) is 12.7. The first kappa shape index (κ1) is 15.0. The Morgan fingerprint density at radius 3 is 2.85 bits per heavy atom. The van der Waals surface area contributed by atoms with Gasteiger partial charge < -0.3 is 19.9 Å². The molecule has 0 saturated carbocycles. The molecule has 2 N–H and O–H groups in total. The van der Waals surface area contributed by atoms with Crippen molar-refractivity contribution in [3.8, 4) is 17.2 Å². The molecular weight excluding hydrogens is 324 g/mol. The largest absolute Gasteiger partial charge is 0.497 e. The number of halogens is 1. The number of methoxy groups -OCH3 is 1. The highest BCUT2D eigenvalue weighted by Gasteiger charge is 2.17. The van der Waals surface area contributed by atoms with Crippen LogP contribution in [-0.4, -0.2) is 42.8 Å². The molecule has 108 valence electrons. The van der Waals surface area contributed by atoms with Gasteiger partial charge in [0.25, 0.3) is 5.89 Å². The molecule has 6 nitrogen and oxygen atoms in total. The van der Waals surface area contributed by atoms with Crippen LogP contribution in [0.25, 0.3) is 11.5 Å². The molecule has 0 spiro atoms. The van der Waals surface area contributed by atoms with Gasteiger partial charge in [-0.25, -0.2) is 0 Å². The minimum absolute atomic E-state index is 0.285. The summed E-state index contributed by atoms with van der Waals surface area (Å²) >= 11 is 3.46. The van der Waals surface area contributed by atoms with Gasteiger partial charge in [-0.15, -0.1) is 0 Å². The zero-order valence-corrected chi connectivity index (χ0v) is 13.2. The molecule has 20 heavy (non-hydrogen) atoms. The van der Waals surface area contributed by atoms with Crippen LogP contribution in [0.2, 0.25) is 0 Å². The Kier molecular flexibility index (Phi) is 4.74. The van der Waals surface area contributed by atoms with Crippen molar-refractivity contribution < 1.29 is 9.26 Å². The average molecular weight is 341 g/mol. The highest BCUT2D eigenvalue weighted by molar-refractivity contribution is 9.10. The molecule has 0 aliphatic carbocycles. The highest BCUT2D eigenvalue weighted by Crippen LogP contribution is 2.31. The van der Waals surface area contributed by atoms with E-state index in [0.29, 0.717) is 18.3 Å². The molecule has 0 aliphatic rings. The number of rotatable bonds is 5. The molecule has 1 aromatic heterocycles. The summed E-state index contributed by atoms with van der Waals surface area (Å²) in [6.45, 7) is 0.651. The number of likely N-dealkylation sites (N-methyl/N-ethyl adjacent to an activating group) is 1. The van der Waals surface area contributed by atoms with Crippen molar-refractivity contribution >= 4 is 15.9 Å². The lowest BCUT2D eigenvalue weighted by molar-refractivity contribution is 0.357. The van der Waals surface area contributed by atoms with Gasteiger partial charge in [-0.1, -0.05) is 5.16 Å². The van der Waals surface area contributed by atoms with E-state index in [9.17, 15) is 0 Å². The van der Waals surface area contributed by atoms with E-state index in [1.54, 1.807) is 7.11 Å². The van der Waals surface area contributed by atoms with E-state index in [1.807, 2.05) is 37.2 Å². The van der Waals surface area contributed by atoms with Gasteiger partial charge in [-0.3, -0.25) is 0 Å². The summed E-state index contributed by atoms with van der Waals surface area (Å²) < 4.78 is 11.3. The van der Waals surface area contributed by atoms with E-state index >= 15 is 0 Å². The molecule has 0 saturated heterocycles. The molecule has 0 radical (unpaired) electrons. The van der Waals surface area contributed by atoms with Crippen molar-refractivity contribution in [2.24, 2.45) is 5.73 Å². The first-order chi connectivity index (χ1) is 9.51. The van der Waals surface area contributed by atoms with Crippen LogP contribution < -0.4 is 10.5 Å². The zero-order chi connectivity index (χ0) is 14.7. The number of hydrogen-bond donors (Lipinski definition) is 1. The van der Waals surface area contributed by atoms with E-state index in [0.717, 1.165) is 15.8 Å². The quantitative estimate of drug-likeness (QED) is 0.897.